The maximum Gasteiger partial charge on any atom is 0.272 e. The van der Waals surface area contributed by atoms with Gasteiger partial charge in [0.25, 0.3) is 5.69 Å². The van der Waals surface area contributed by atoms with E-state index in [-0.39, 0.29) is 11.4 Å². The third-order valence-electron chi connectivity index (χ3n) is 3.08. The molecule has 0 unspecified atom stereocenters. The first-order valence-corrected chi connectivity index (χ1v) is 5.73. The number of halogens is 1. The summed E-state index contributed by atoms with van der Waals surface area (Å²) >= 11 is 0. The van der Waals surface area contributed by atoms with Crippen LogP contribution in [0.15, 0.2) is 18.2 Å². The summed E-state index contributed by atoms with van der Waals surface area (Å²) in [6.07, 6.45) is 4.65. The zero-order valence-electron chi connectivity index (χ0n) is 9.39. The highest BCUT2D eigenvalue weighted by atomic mass is 19.1. The Hall–Kier alpha value is -1.65. The Balaban J connectivity index is 1.98. The van der Waals surface area contributed by atoms with Crippen LogP contribution in [-0.2, 0) is 0 Å². The highest BCUT2D eigenvalue weighted by Crippen LogP contribution is 2.27. The quantitative estimate of drug-likeness (QED) is 0.598. The zero-order chi connectivity index (χ0) is 12.3. The molecule has 0 atom stereocenters. The maximum atomic E-state index is 13.5. The van der Waals surface area contributed by atoms with Crippen LogP contribution >= 0.6 is 0 Å². The Morgan fingerprint density at radius 2 is 2.12 bits per heavy atom. The summed E-state index contributed by atoms with van der Waals surface area (Å²) in [5, 5.41) is 10.4. The minimum Gasteiger partial charge on any atom is -0.490 e. The number of hydrogen-bond acceptors (Lipinski definition) is 3. The molecule has 1 saturated carbocycles. The SMILES string of the molecule is O=[N+]([O-])c1ccc(OCC2CCCC2)c(F)c1. The first-order valence-electron chi connectivity index (χ1n) is 5.73. The number of rotatable bonds is 4. The standard InChI is InChI=1S/C12H14FNO3/c13-11-7-10(14(15)16)5-6-12(11)17-8-9-3-1-2-4-9/h5-7,9H,1-4,8H2. The lowest BCUT2D eigenvalue weighted by Crippen LogP contribution is -2.09. The summed E-state index contributed by atoms with van der Waals surface area (Å²) in [4.78, 5) is 9.81. The summed E-state index contributed by atoms with van der Waals surface area (Å²) < 4.78 is 18.8. The van der Waals surface area contributed by atoms with E-state index in [4.69, 9.17) is 4.74 Å². The van der Waals surface area contributed by atoms with Gasteiger partial charge in [0.05, 0.1) is 17.6 Å². The van der Waals surface area contributed by atoms with Crippen molar-refractivity contribution in [3.05, 3.63) is 34.1 Å². The van der Waals surface area contributed by atoms with Crippen molar-refractivity contribution in [1.82, 2.24) is 0 Å². The van der Waals surface area contributed by atoms with Gasteiger partial charge in [0.1, 0.15) is 0 Å². The van der Waals surface area contributed by atoms with Crippen molar-refractivity contribution in [3.8, 4) is 5.75 Å². The zero-order valence-corrected chi connectivity index (χ0v) is 9.39. The largest absolute Gasteiger partial charge is 0.490 e. The molecule has 2 rings (SSSR count). The van der Waals surface area contributed by atoms with Gasteiger partial charge in [-0.15, -0.1) is 0 Å². The summed E-state index contributed by atoms with van der Waals surface area (Å²) in [5.74, 6) is -0.0794. The van der Waals surface area contributed by atoms with Crippen molar-refractivity contribution < 1.29 is 14.1 Å². The lowest BCUT2D eigenvalue weighted by Gasteiger charge is -2.11. The van der Waals surface area contributed by atoms with E-state index in [1.54, 1.807) is 0 Å². The van der Waals surface area contributed by atoms with E-state index in [0.29, 0.717) is 12.5 Å². The molecule has 1 fully saturated rings. The van der Waals surface area contributed by atoms with E-state index in [1.165, 1.54) is 25.0 Å². The van der Waals surface area contributed by atoms with Crippen LogP contribution in [0.3, 0.4) is 0 Å². The molecule has 0 aliphatic heterocycles. The van der Waals surface area contributed by atoms with Crippen LogP contribution in [0.4, 0.5) is 10.1 Å². The molecule has 0 spiro atoms. The van der Waals surface area contributed by atoms with Crippen LogP contribution in [0.1, 0.15) is 25.7 Å². The van der Waals surface area contributed by atoms with Crippen LogP contribution < -0.4 is 4.74 Å². The average Bonchev–Trinajstić information content (AvgIpc) is 2.80. The van der Waals surface area contributed by atoms with Gasteiger partial charge in [0.2, 0.25) is 0 Å². The average molecular weight is 239 g/mol. The molecule has 0 bridgehead atoms. The first kappa shape index (κ1) is 11.8. The highest BCUT2D eigenvalue weighted by Gasteiger charge is 2.17. The first-order chi connectivity index (χ1) is 8.16. The van der Waals surface area contributed by atoms with Crippen molar-refractivity contribution in [2.45, 2.75) is 25.7 Å². The topological polar surface area (TPSA) is 52.4 Å². The van der Waals surface area contributed by atoms with Crippen LogP contribution in [-0.4, -0.2) is 11.5 Å². The van der Waals surface area contributed by atoms with E-state index < -0.39 is 10.7 Å². The van der Waals surface area contributed by atoms with Gasteiger partial charge < -0.3 is 4.74 Å². The molecule has 0 saturated heterocycles. The molecule has 0 aromatic heterocycles. The minimum absolute atomic E-state index is 0.0995. The summed E-state index contributed by atoms with van der Waals surface area (Å²) in [6, 6.07) is 3.47. The molecule has 0 N–H and O–H groups in total. The van der Waals surface area contributed by atoms with E-state index in [1.807, 2.05) is 0 Å². The Bertz CT molecular complexity index is 416. The van der Waals surface area contributed by atoms with Gasteiger partial charge in [0, 0.05) is 6.07 Å². The number of hydrogen-bond donors (Lipinski definition) is 0. The minimum atomic E-state index is -0.669. The number of non-ortho nitro benzene ring substituents is 1. The molecule has 92 valence electrons. The van der Waals surface area contributed by atoms with Gasteiger partial charge in [-0.2, -0.15) is 0 Å². The summed E-state index contributed by atoms with van der Waals surface area (Å²) in [5.41, 5.74) is -0.254. The Kier molecular flexibility index (Phi) is 3.56. The van der Waals surface area contributed by atoms with Gasteiger partial charge in [-0.3, -0.25) is 10.1 Å². The number of benzene rings is 1. The van der Waals surface area contributed by atoms with Crippen molar-refractivity contribution in [1.29, 1.82) is 0 Å². The predicted octanol–water partition coefficient (Wildman–Crippen LogP) is 3.30. The number of ether oxygens (including phenoxy) is 1. The monoisotopic (exact) mass is 239 g/mol. The third-order valence-corrected chi connectivity index (χ3v) is 3.08. The van der Waals surface area contributed by atoms with Crippen LogP contribution in [0.5, 0.6) is 5.75 Å². The predicted molar refractivity (Wildman–Crippen MR) is 60.5 cm³/mol. The van der Waals surface area contributed by atoms with Gasteiger partial charge >= 0.3 is 0 Å². The number of nitro benzene ring substituents is 1. The van der Waals surface area contributed by atoms with Crippen molar-refractivity contribution in [2.75, 3.05) is 6.61 Å². The second-order valence-corrected chi connectivity index (χ2v) is 4.33. The second-order valence-electron chi connectivity index (χ2n) is 4.33. The van der Waals surface area contributed by atoms with Gasteiger partial charge in [-0.25, -0.2) is 4.39 Å². The van der Waals surface area contributed by atoms with Gasteiger partial charge in [0.15, 0.2) is 11.6 Å². The van der Waals surface area contributed by atoms with Crippen molar-refractivity contribution in [3.63, 3.8) is 0 Å². The third kappa shape index (κ3) is 2.93. The molecule has 1 aromatic rings. The fraction of sp³-hybridized carbons (Fsp3) is 0.500. The normalized spacial score (nSPS) is 16.1. The van der Waals surface area contributed by atoms with Crippen molar-refractivity contribution >= 4 is 5.69 Å². The molecule has 17 heavy (non-hydrogen) atoms. The van der Waals surface area contributed by atoms with E-state index in [9.17, 15) is 14.5 Å². The smallest absolute Gasteiger partial charge is 0.272 e. The Morgan fingerprint density at radius 1 is 1.41 bits per heavy atom. The fourth-order valence-electron chi connectivity index (χ4n) is 2.11. The molecule has 1 aliphatic carbocycles. The number of nitro groups is 1. The summed E-state index contributed by atoms with van der Waals surface area (Å²) in [6.45, 7) is 0.495. The summed E-state index contributed by atoms with van der Waals surface area (Å²) in [7, 11) is 0. The van der Waals surface area contributed by atoms with Gasteiger partial charge in [-0.1, -0.05) is 12.8 Å². The van der Waals surface area contributed by atoms with Crippen LogP contribution in [0.2, 0.25) is 0 Å². The number of nitrogens with zero attached hydrogens (tertiary/aromatic N) is 1. The fourth-order valence-corrected chi connectivity index (χ4v) is 2.11. The highest BCUT2D eigenvalue weighted by molar-refractivity contribution is 5.37. The van der Waals surface area contributed by atoms with Gasteiger partial charge in [-0.05, 0) is 24.8 Å². The van der Waals surface area contributed by atoms with E-state index in [0.717, 1.165) is 18.9 Å². The van der Waals surface area contributed by atoms with E-state index >= 15 is 0 Å². The molecule has 1 aliphatic rings. The molecule has 5 heteroatoms. The van der Waals surface area contributed by atoms with Crippen molar-refractivity contribution in [2.24, 2.45) is 5.92 Å². The lowest BCUT2D eigenvalue weighted by molar-refractivity contribution is -0.385. The molecule has 0 heterocycles. The molecule has 0 radical (unpaired) electrons. The molecule has 0 amide bonds. The molecule has 1 aromatic carbocycles. The second kappa shape index (κ2) is 5.12. The maximum absolute atomic E-state index is 13.5. The van der Waals surface area contributed by atoms with Crippen LogP contribution in [0, 0.1) is 21.8 Å². The Morgan fingerprint density at radius 3 is 2.71 bits per heavy atom. The lowest BCUT2D eigenvalue weighted by atomic mass is 10.1. The Labute approximate surface area is 98.5 Å². The molecule has 4 nitrogen and oxygen atoms in total. The molecular weight excluding hydrogens is 225 g/mol. The van der Waals surface area contributed by atoms with Crippen LogP contribution in [0.25, 0.3) is 0 Å². The van der Waals surface area contributed by atoms with E-state index in [2.05, 4.69) is 0 Å². The molecular formula is C12H14FNO3.